The molecule has 0 saturated carbocycles. The molecule has 0 bridgehead atoms. The number of nitrogens with two attached hydrogens (primary N) is 1. The van der Waals surface area contributed by atoms with Gasteiger partial charge in [-0.05, 0) is 31.0 Å². The van der Waals surface area contributed by atoms with Gasteiger partial charge in [0.2, 0.25) is 0 Å². The van der Waals surface area contributed by atoms with Crippen molar-refractivity contribution in [2.75, 3.05) is 6.61 Å². The van der Waals surface area contributed by atoms with Crippen LogP contribution in [-0.2, 0) is 4.74 Å². The van der Waals surface area contributed by atoms with E-state index in [1.807, 2.05) is 6.92 Å². The number of rotatable bonds is 7. The molecule has 2 unspecified atom stereocenters. The van der Waals surface area contributed by atoms with Crippen molar-refractivity contribution in [3.05, 3.63) is 35.6 Å². The van der Waals surface area contributed by atoms with E-state index in [-0.39, 0.29) is 18.0 Å². The zero-order chi connectivity index (χ0) is 12.7. The lowest BCUT2D eigenvalue weighted by molar-refractivity contribution is 0.0360. The van der Waals surface area contributed by atoms with Crippen molar-refractivity contribution in [1.29, 1.82) is 0 Å². The molecule has 0 fully saturated rings. The molecule has 2 nitrogen and oxygen atoms in total. The van der Waals surface area contributed by atoms with Crippen LogP contribution in [-0.4, -0.2) is 12.6 Å². The van der Waals surface area contributed by atoms with Crippen molar-refractivity contribution >= 4 is 0 Å². The molecule has 2 N–H and O–H groups in total. The van der Waals surface area contributed by atoms with Crippen LogP contribution < -0.4 is 5.73 Å². The van der Waals surface area contributed by atoms with Crippen LogP contribution in [0.15, 0.2) is 24.3 Å². The van der Waals surface area contributed by atoms with E-state index in [1.54, 1.807) is 12.1 Å². The van der Waals surface area contributed by atoms with Gasteiger partial charge in [-0.1, -0.05) is 31.9 Å². The quantitative estimate of drug-likeness (QED) is 0.740. The molecular formula is C14H22FNO. The molecule has 0 aliphatic heterocycles. The summed E-state index contributed by atoms with van der Waals surface area (Å²) in [6.45, 7) is 4.77. The first-order valence-electron chi connectivity index (χ1n) is 6.27. The van der Waals surface area contributed by atoms with E-state index in [9.17, 15) is 4.39 Å². The number of halogens is 1. The first-order chi connectivity index (χ1) is 8.15. The molecule has 1 rings (SSSR count). The van der Waals surface area contributed by atoms with Gasteiger partial charge in [0, 0.05) is 12.6 Å². The van der Waals surface area contributed by atoms with Gasteiger partial charge >= 0.3 is 0 Å². The van der Waals surface area contributed by atoms with Gasteiger partial charge < -0.3 is 10.5 Å². The van der Waals surface area contributed by atoms with Crippen LogP contribution in [0.1, 0.15) is 44.8 Å². The molecule has 0 amide bonds. The summed E-state index contributed by atoms with van der Waals surface area (Å²) >= 11 is 0. The van der Waals surface area contributed by atoms with Crippen LogP contribution in [0.3, 0.4) is 0 Å². The second-order valence-corrected chi connectivity index (χ2v) is 4.41. The third-order valence-corrected chi connectivity index (χ3v) is 2.72. The first kappa shape index (κ1) is 14.1. The zero-order valence-corrected chi connectivity index (χ0v) is 10.7. The summed E-state index contributed by atoms with van der Waals surface area (Å²) in [4.78, 5) is 0. The monoisotopic (exact) mass is 239 g/mol. The summed E-state index contributed by atoms with van der Waals surface area (Å²) in [5.74, 6) is -0.233. The minimum atomic E-state index is -0.233. The molecule has 96 valence electrons. The molecule has 0 aromatic heterocycles. The number of hydrogen-bond donors (Lipinski definition) is 1. The molecule has 0 spiro atoms. The van der Waals surface area contributed by atoms with Crippen molar-refractivity contribution in [1.82, 2.24) is 0 Å². The maximum atomic E-state index is 12.8. The SMILES string of the molecule is CCCCCOC(c1ccc(F)cc1)C(C)N. The number of hydrogen-bond acceptors (Lipinski definition) is 2. The fraction of sp³-hybridized carbons (Fsp3) is 0.571. The first-order valence-corrected chi connectivity index (χ1v) is 6.27. The average Bonchev–Trinajstić information content (AvgIpc) is 2.30. The minimum Gasteiger partial charge on any atom is -0.372 e. The van der Waals surface area contributed by atoms with Crippen molar-refractivity contribution < 1.29 is 9.13 Å². The lowest BCUT2D eigenvalue weighted by Crippen LogP contribution is -2.27. The maximum Gasteiger partial charge on any atom is 0.123 e. The van der Waals surface area contributed by atoms with Crippen molar-refractivity contribution in [3.8, 4) is 0 Å². The van der Waals surface area contributed by atoms with Gasteiger partial charge in [-0.3, -0.25) is 0 Å². The van der Waals surface area contributed by atoms with Gasteiger partial charge in [0.1, 0.15) is 5.82 Å². The molecule has 0 aliphatic rings. The highest BCUT2D eigenvalue weighted by atomic mass is 19.1. The summed E-state index contributed by atoms with van der Waals surface area (Å²) in [7, 11) is 0. The highest BCUT2D eigenvalue weighted by Crippen LogP contribution is 2.21. The average molecular weight is 239 g/mol. The molecule has 0 heterocycles. The van der Waals surface area contributed by atoms with Crippen LogP contribution >= 0.6 is 0 Å². The number of benzene rings is 1. The van der Waals surface area contributed by atoms with Crippen LogP contribution in [0, 0.1) is 5.82 Å². The number of unbranched alkanes of at least 4 members (excludes halogenated alkanes) is 2. The van der Waals surface area contributed by atoms with E-state index in [2.05, 4.69) is 6.92 Å². The molecule has 1 aromatic carbocycles. The fourth-order valence-corrected chi connectivity index (χ4v) is 1.77. The second-order valence-electron chi connectivity index (χ2n) is 4.41. The zero-order valence-electron chi connectivity index (χ0n) is 10.7. The molecule has 3 heteroatoms. The van der Waals surface area contributed by atoms with Crippen molar-refractivity contribution in [2.24, 2.45) is 5.73 Å². The van der Waals surface area contributed by atoms with Gasteiger partial charge in [-0.15, -0.1) is 0 Å². The van der Waals surface area contributed by atoms with Crippen LogP contribution in [0.4, 0.5) is 4.39 Å². The Labute approximate surface area is 103 Å². The third kappa shape index (κ3) is 4.84. The van der Waals surface area contributed by atoms with Gasteiger partial charge in [-0.25, -0.2) is 4.39 Å². The standard InChI is InChI=1S/C14H22FNO/c1-3-4-5-10-17-14(11(2)16)12-6-8-13(15)9-7-12/h6-9,11,14H,3-5,10,16H2,1-2H3. The van der Waals surface area contributed by atoms with Crippen molar-refractivity contribution in [2.45, 2.75) is 45.3 Å². The summed E-state index contributed by atoms with van der Waals surface area (Å²) in [6.07, 6.45) is 3.23. The largest absolute Gasteiger partial charge is 0.372 e. The topological polar surface area (TPSA) is 35.2 Å². The predicted molar refractivity (Wildman–Crippen MR) is 68.3 cm³/mol. The maximum absolute atomic E-state index is 12.8. The third-order valence-electron chi connectivity index (χ3n) is 2.72. The van der Waals surface area contributed by atoms with Gasteiger partial charge in [0.05, 0.1) is 6.10 Å². The summed E-state index contributed by atoms with van der Waals surface area (Å²) in [6, 6.07) is 6.27. The molecule has 0 aliphatic carbocycles. The highest BCUT2D eigenvalue weighted by Gasteiger charge is 2.16. The molecule has 17 heavy (non-hydrogen) atoms. The molecular weight excluding hydrogens is 217 g/mol. The van der Waals surface area contributed by atoms with E-state index in [0.29, 0.717) is 6.61 Å². The second kappa shape index (κ2) is 7.41. The predicted octanol–water partition coefficient (Wildman–Crippen LogP) is 3.42. The Hall–Kier alpha value is -0.930. The summed E-state index contributed by atoms with van der Waals surface area (Å²) in [5.41, 5.74) is 6.85. The van der Waals surface area contributed by atoms with Crippen LogP contribution in [0.5, 0.6) is 0 Å². The smallest absolute Gasteiger partial charge is 0.123 e. The van der Waals surface area contributed by atoms with Crippen LogP contribution in [0.25, 0.3) is 0 Å². The van der Waals surface area contributed by atoms with Gasteiger partial charge in [-0.2, -0.15) is 0 Å². The lowest BCUT2D eigenvalue weighted by Gasteiger charge is -2.22. The molecule has 2 atom stereocenters. The fourth-order valence-electron chi connectivity index (χ4n) is 1.77. The highest BCUT2D eigenvalue weighted by molar-refractivity contribution is 5.19. The summed E-state index contributed by atoms with van der Waals surface area (Å²) < 4.78 is 18.6. The van der Waals surface area contributed by atoms with E-state index in [1.165, 1.54) is 18.6 Å². The van der Waals surface area contributed by atoms with Gasteiger partial charge in [0.25, 0.3) is 0 Å². The Balaban J connectivity index is 2.56. The number of ether oxygens (including phenoxy) is 1. The lowest BCUT2D eigenvalue weighted by atomic mass is 10.0. The van der Waals surface area contributed by atoms with Crippen molar-refractivity contribution in [3.63, 3.8) is 0 Å². The van der Waals surface area contributed by atoms with E-state index in [4.69, 9.17) is 10.5 Å². The van der Waals surface area contributed by atoms with E-state index < -0.39 is 0 Å². The minimum absolute atomic E-state index is 0.0953. The summed E-state index contributed by atoms with van der Waals surface area (Å²) in [5, 5.41) is 0. The Morgan fingerprint density at radius 3 is 2.41 bits per heavy atom. The Morgan fingerprint density at radius 2 is 1.88 bits per heavy atom. The normalized spacial score (nSPS) is 14.6. The molecule has 0 saturated heterocycles. The van der Waals surface area contributed by atoms with Gasteiger partial charge in [0.15, 0.2) is 0 Å². The van der Waals surface area contributed by atoms with E-state index in [0.717, 1.165) is 18.4 Å². The Bertz CT molecular complexity index is 311. The van der Waals surface area contributed by atoms with E-state index >= 15 is 0 Å². The Kier molecular flexibility index (Phi) is 6.16. The Morgan fingerprint density at radius 1 is 1.24 bits per heavy atom. The molecule has 0 radical (unpaired) electrons. The van der Waals surface area contributed by atoms with Crippen LogP contribution in [0.2, 0.25) is 0 Å². The molecule has 1 aromatic rings.